The Bertz CT molecular complexity index is 822. The van der Waals surface area contributed by atoms with Gasteiger partial charge in [0.15, 0.2) is 0 Å². The molecule has 0 aliphatic carbocycles. The maximum absolute atomic E-state index is 11.5. The second-order valence-electron chi connectivity index (χ2n) is 6.89. The van der Waals surface area contributed by atoms with Crippen molar-refractivity contribution >= 4 is 5.91 Å². The fourth-order valence-corrected chi connectivity index (χ4v) is 3.59. The summed E-state index contributed by atoms with van der Waals surface area (Å²) in [5.74, 6) is 1.34. The van der Waals surface area contributed by atoms with Gasteiger partial charge in [0.1, 0.15) is 17.2 Å². The first kappa shape index (κ1) is 19.0. The molecule has 1 heterocycles. The van der Waals surface area contributed by atoms with E-state index in [1.165, 1.54) is 0 Å². The van der Waals surface area contributed by atoms with Crippen LogP contribution in [0.1, 0.15) is 18.4 Å². The number of hydrogen-bond donors (Lipinski definition) is 2. The Morgan fingerprint density at radius 3 is 2.74 bits per heavy atom. The van der Waals surface area contributed by atoms with Gasteiger partial charge in [-0.3, -0.25) is 9.69 Å². The van der Waals surface area contributed by atoms with E-state index in [2.05, 4.69) is 4.90 Å². The summed E-state index contributed by atoms with van der Waals surface area (Å²) in [5.41, 5.74) is 8.11. The molecule has 0 spiro atoms. The Balaban J connectivity index is 1.88. The van der Waals surface area contributed by atoms with E-state index in [1.807, 2.05) is 30.3 Å². The van der Waals surface area contributed by atoms with E-state index in [9.17, 15) is 9.90 Å². The number of methoxy groups -OCH3 is 2. The van der Waals surface area contributed by atoms with E-state index in [-0.39, 0.29) is 17.6 Å². The number of nitrogens with two attached hydrogens (primary N) is 1. The molecule has 6 nitrogen and oxygen atoms in total. The number of hydrogen-bond acceptors (Lipinski definition) is 5. The third-order valence-electron chi connectivity index (χ3n) is 5.10. The van der Waals surface area contributed by atoms with E-state index in [1.54, 1.807) is 20.3 Å². The van der Waals surface area contributed by atoms with Crippen LogP contribution in [0.3, 0.4) is 0 Å². The summed E-state index contributed by atoms with van der Waals surface area (Å²) < 4.78 is 10.8. The predicted molar refractivity (Wildman–Crippen MR) is 104 cm³/mol. The van der Waals surface area contributed by atoms with Gasteiger partial charge in [-0.1, -0.05) is 6.07 Å². The molecule has 1 fully saturated rings. The van der Waals surface area contributed by atoms with Crippen molar-refractivity contribution in [1.29, 1.82) is 0 Å². The molecule has 27 heavy (non-hydrogen) atoms. The number of aromatic hydroxyl groups is 1. The molecule has 1 aliphatic rings. The zero-order chi connectivity index (χ0) is 19.4. The van der Waals surface area contributed by atoms with E-state index in [0.717, 1.165) is 47.6 Å². The minimum atomic E-state index is -0.251. The molecule has 0 aromatic heterocycles. The molecule has 1 atom stereocenters. The number of ether oxygens (including phenoxy) is 2. The van der Waals surface area contributed by atoms with Crippen molar-refractivity contribution in [3.8, 4) is 28.4 Å². The summed E-state index contributed by atoms with van der Waals surface area (Å²) >= 11 is 0. The lowest BCUT2D eigenvalue weighted by atomic mass is 9.96. The first-order valence-electron chi connectivity index (χ1n) is 9.07. The van der Waals surface area contributed by atoms with Gasteiger partial charge in [-0.25, -0.2) is 0 Å². The van der Waals surface area contributed by atoms with Crippen LogP contribution in [0.2, 0.25) is 0 Å². The molecule has 0 radical (unpaired) electrons. The second-order valence-corrected chi connectivity index (χ2v) is 6.89. The minimum Gasteiger partial charge on any atom is -0.508 e. The van der Waals surface area contributed by atoms with Crippen molar-refractivity contribution in [2.24, 2.45) is 11.7 Å². The topological polar surface area (TPSA) is 85.0 Å². The molecule has 3 rings (SSSR count). The van der Waals surface area contributed by atoms with Gasteiger partial charge >= 0.3 is 0 Å². The van der Waals surface area contributed by atoms with Gasteiger partial charge in [-0.15, -0.1) is 0 Å². The number of likely N-dealkylation sites (tertiary alicyclic amines) is 1. The Kier molecular flexibility index (Phi) is 5.86. The zero-order valence-corrected chi connectivity index (χ0v) is 15.8. The number of carbonyl (C=O) groups is 1. The zero-order valence-electron chi connectivity index (χ0n) is 15.8. The Morgan fingerprint density at radius 1 is 1.22 bits per heavy atom. The summed E-state index contributed by atoms with van der Waals surface area (Å²) in [4.78, 5) is 13.7. The molecule has 1 aliphatic heterocycles. The summed E-state index contributed by atoms with van der Waals surface area (Å²) in [6.45, 7) is 2.08. The number of primary amides is 1. The van der Waals surface area contributed by atoms with E-state index >= 15 is 0 Å². The lowest BCUT2D eigenvalue weighted by Crippen LogP contribution is -2.40. The predicted octanol–water partition coefficient (Wildman–Crippen LogP) is 2.77. The van der Waals surface area contributed by atoms with Crippen LogP contribution in [0.15, 0.2) is 36.4 Å². The fraction of sp³-hybridized carbons (Fsp3) is 0.381. The first-order chi connectivity index (χ1) is 13.0. The van der Waals surface area contributed by atoms with Crippen LogP contribution >= 0.6 is 0 Å². The van der Waals surface area contributed by atoms with Crippen molar-refractivity contribution in [1.82, 2.24) is 4.90 Å². The second kappa shape index (κ2) is 8.31. The number of benzene rings is 2. The SMILES string of the molecule is COc1ccc(OC)c(-c2ccc(O)c(CN3CCCC(C(N)=O)C3)c2)c1. The van der Waals surface area contributed by atoms with Gasteiger partial charge in [0.25, 0.3) is 0 Å². The van der Waals surface area contributed by atoms with Gasteiger partial charge in [0.05, 0.1) is 20.1 Å². The average Bonchev–Trinajstić information content (AvgIpc) is 2.69. The van der Waals surface area contributed by atoms with Gasteiger partial charge in [0, 0.05) is 24.2 Å². The smallest absolute Gasteiger partial charge is 0.221 e. The van der Waals surface area contributed by atoms with Crippen molar-refractivity contribution in [2.45, 2.75) is 19.4 Å². The standard InChI is InChI=1S/C21H26N2O4/c1-26-17-6-8-20(27-2)18(11-17)14-5-7-19(24)16(10-14)13-23-9-3-4-15(12-23)21(22)25/h5-8,10-11,15,24H,3-4,9,12-13H2,1-2H3,(H2,22,25). The molecule has 0 saturated carbocycles. The molecule has 1 saturated heterocycles. The van der Waals surface area contributed by atoms with E-state index in [4.69, 9.17) is 15.2 Å². The monoisotopic (exact) mass is 370 g/mol. The number of carbonyl (C=O) groups excluding carboxylic acids is 1. The average molecular weight is 370 g/mol. The Hall–Kier alpha value is -2.73. The number of rotatable bonds is 6. The van der Waals surface area contributed by atoms with Gasteiger partial charge in [-0.2, -0.15) is 0 Å². The Morgan fingerprint density at radius 2 is 2.04 bits per heavy atom. The van der Waals surface area contributed by atoms with Gasteiger partial charge < -0.3 is 20.3 Å². The molecule has 3 N–H and O–H groups in total. The lowest BCUT2D eigenvalue weighted by molar-refractivity contribution is -0.123. The molecule has 2 aromatic carbocycles. The fourth-order valence-electron chi connectivity index (χ4n) is 3.59. The summed E-state index contributed by atoms with van der Waals surface area (Å²) in [7, 11) is 3.25. The number of nitrogens with zero attached hydrogens (tertiary/aromatic N) is 1. The summed E-state index contributed by atoms with van der Waals surface area (Å²) in [5, 5.41) is 10.3. The quantitative estimate of drug-likeness (QED) is 0.817. The highest BCUT2D eigenvalue weighted by Crippen LogP contribution is 2.36. The molecule has 6 heteroatoms. The van der Waals surface area contributed by atoms with Crippen molar-refractivity contribution in [3.05, 3.63) is 42.0 Å². The van der Waals surface area contributed by atoms with Crippen LogP contribution in [0.4, 0.5) is 0 Å². The van der Waals surface area contributed by atoms with Crippen LogP contribution < -0.4 is 15.2 Å². The lowest BCUT2D eigenvalue weighted by Gasteiger charge is -2.31. The molecule has 1 amide bonds. The van der Waals surface area contributed by atoms with Gasteiger partial charge in [-0.05, 0) is 55.3 Å². The van der Waals surface area contributed by atoms with Crippen molar-refractivity contribution in [2.75, 3.05) is 27.3 Å². The van der Waals surface area contributed by atoms with Crippen LogP contribution in [0, 0.1) is 5.92 Å². The molecular formula is C21H26N2O4. The van der Waals surface area contributed by atoms with Crippen molar-refractivity contribution < 1.29 is 19.4 Å². The third-order valence-corrected chi connectivity index (χ3v) is 5.10. The van der Waals surface area contributed by atoms with Crippen LogP contribution in [0.5, 0.6) is 17.2 Å². The normalized spacial score (nSPS) is 17.5. The Labute approximate surface area is 159 Å². The van der Waals surface area contributed by atoms with Crippen LogP contribution in [-0.4, -0.2) is 43.2 Å². The molecule has 144 valence electrons. The third kappa shape index (κ3) is 4.34. The minimum absolute atomic E-state index is 0.123. The highest BCUT2D eigenvalue weighted by Gasteiger charge is 2.24. The summed E-state index contributed by atoms with van der Waals surface area (Å²) in [6.07, 6.45) is 1.76. The molecule has 1 unspecified atom stereocenters. The highest BCUT2D eigenvalue weighted by molar-refractivity contribution is 5.77. The number of piperidine rings is 1. The van der Waals surface area contributed by atoms with E-state index in [0.29, 0.717) is 13.1 Å². The summed E-state index contributed by atoms with van der Waals surface area (Å²) in [6, 6.07) is 11.1. The molecular weight excluding hydrogens is 344 g/mol. The number of amides is 1. The molecule has 2 aromatic rings. The highest BCUT2D eigenvalue weighted by atomic mass is 16.5. The first-order valence-corrected chi connectivity index (χ1v) is 9.07. The number of phenolic OH excluding ortho intramolecular Hbond substituents is 1. The van der Waals surface area contributed by atoms with Crippen LogP contribution in [0.25, 0.3) is 11.1 Å². The number of phenols is 1. The van der Waals surface area contributed by atoms with E-state index < -0.39 is 0 Å². The maximum Gasteiger partial charge on any atom is 0.221 e. The molecule has 0 bridgehead atoms. The maximum atomic E-state index is 11.5. The van der Waals surface area contributed by atoms with Crippen molar-refractivity contribution in [3.63, 3.8) is 0 Å². The van der Waals surface area contributed by atoms with Gasteiger partial charge in [0.2, 0.25) is 5.91 Å². The van der Waals surface area contributed by atoms with Crippen LogP contribution in [-0.2, 0) is 11.3 Å². The largest absolute Gasteiger partial charge is 0.508 e.